The van der Waals surface area contributed by atoms with Gasteiger partial charge in [0, 0.05) is 4.88 Å². The first-order valence-corrected chi connectivity index (χ1v) is 13.9. The van der Waals surface area contributed by atoms with Gasteiger partial charge in [0.05, 0.1) is 26.7 Å². The molecule has 0 spiro atoms. The van der Waals surface area contributed by atoms with Crippen molar-refractivity contribution in [2.75, 3.05) is 5.32 Å². The number of hydrogen-bond acceptors (Lipinski definition) is 7. The lowest BCUT2D eigenvalue weighted by molar-refractivity contribution is -0.142. The van der Waals surface area contributed by atoms with Crippen LogP contribution in [0.15, 0.2) is 28.1 Å². The standard InChI is InChI=1S/C24H20BrF3N4O3S2/c1-11(2)35-23(34)17-12-6-3-4-7-14(12)37-22(17)30-21(33)19-18(25)20-29-13(15-8-5-9-36-15)10-16(24(26,27)28)32(20)31-19/h5,8-11H,3-4,6-7H2,1-2H3,(H,30,33). The highest BCUT2D eigenvalue weighted by Crippen LogP contribution is 2.40. The number of ether oxygens (including phenoxy) is 1. The average Bonchev–Trinajstić information content (AvgIpc) is 3.55. The fourth-order valence-electron chi connectivity index (χ4n) is 4.19. The molecule has 7 nitrogen and oxygen atoms in total. The molecular weight excluding hydrogens is 593 g/mol. The van der Waals surface area contributed by atoms with Gasteiger partial charge in [0.15, 0.2) is 17.0 Å². The molecule has 194 valence electrons. The molecule has 0 atom stereocenters. The van der Waals surface area contributed by atoms with Crippen molar-refractivity contribution in [2.24, 2.45) is 0 Å². The lowest BCUT2D eigenvalue weighted by atomic mass is 9.95. The molecule has 1 amide bonds. The van der Waals surface area contributed by atoms with Crippen molar-refractivity contribution < 1.29 is 27.5 Å². The summed E-state index contributed by atoms with van der Waals surface area (Å²) < 4.78 is 47.9. The molecule has 1 N–H and O–H groups in total. The van der Waals surface area contributed by atoms with E-state index < -0.39 is 23.7 Å². The molecule has 1 aliphatic rings. The van der Waals surface area contributed by atoms with E-state index in [1.165, 1.54) is 22.7 Å². The average molecular weight is 613 g/mol. The zero-order chi connectivity index (χ0) is 26.5. The van der Waals surface area contributed by atoms with Gasteiger partial charge in [-0.25, -0.2) is 14.3 Å². The Morgan fingerprint density at radius 1 is 1.24 bits per heavy atom. The number of fused-ring (bicyclic) bond motifs is 2. The largest absolute Gasteiger partial charge is 0.459 e. The Hall–Kier alpha value is -2.77. The lowest BCUT2D eigenvalue weighted by Gasteiger charge is -2.14. The number of carbonyl (C=O) groups is 2. The second-order valence-corrected chi connectivity index (χ2v) is 11.6. The molecule has 13 heteroatoms. The van der Waals surface area contributed by atoms with Crippen LogP contribution in [0.3, 0.4) is 0 Å². The fourth-order valence-corrected chi connectivity index (χ4v) is 6.67. The number of aryl methyl sites for hydroxylation is 1. The zero-order valence-corrected chi connectivity index (χ0v) is 22.8. The van der Waals surface area contributed by atoms with E-state index in [9.17, 15) is 22.8 Å². The molecule has 0 aliphatic heterocycles. The molecule has 0 bridgehead atoms. The first-order valence-electron chi connectivity index (χ1n) is 11.4. The van der Waals surface area contributed by atoms with Gasteiger partial charge < -0.3 is 10.1 Å². The summed E-state index contributed by atoms with van der Waals surface area (Å²) in [4.78, 5) is 32.1. The van der Waals surface area contributed by atoms with Crippen LogP contribution in [-0.2, 0) is 23.8 Å². The number of anilines is 1. The van der Waals surface area contributed by atoms with Crippen LogP contribution in [0.4, 0.5) is 18.2 Å². The van der Waals surface area contributed by atoms with Gasteiger partial charge in [-0.1, -0.05) is 6.07 Å². The van der Waals surface area contributed by atoms with E-state index in [-0.39, 0.29) is 27.6 Å². The van der Waals surface area contributed by atoms with Crippen molar-refractivity contribution in [3.8, 4) is 10.6 Å². The maximum Gasteiger partial charge on any atom is 0.433 e. The Morgan fingerprint density at radius 2 is 2.00 bits per heavy atom. The number of rotatable bonds is 5. The number of nitrogens with one attached hydrogen (secondary N) is 1. The van der Waals surface area contributed by atoms with Gasteiger partial charge in [0.2, 0.25) is 0 Å². The van der Waals surface area contributed by atoms with Gasteiger partial charge in [-0.3, -0.25) is 4.79 Å². The number of carbonyl (C=O) groups excluding carboxylic acids is 2. The molecule has 4 aromatic rings. The van der Waals surface area contributed by atoms with Crippen LogP contribution < -0.4 is 5.32 Å². The van der Waals surface area contributed by atoms with Crippen LogP contribution in [0.1, 0.15) is 63.7 Å². The molecule has 0 saturated heterocycles. The minimum Gasteiger partial charge on any atom is -0.459 e. The molecule has 37 heavy (non-hydrogen) atoms. The molecular formula is C24H20BrF3N4O3S2. The summed E-state index contributed by atoms with van der Waals surface area (Å²) in [5, 5.41) is 8.71. The van der Waals surface area contributed by atoms with Crippen LogP contribution in [0, 0.1) is 0 Å². The number of esters is 1. The van der Waals surface area contributed by atoms with Crippen LogP contribution >= 0.6 is 38.6 Å². The lowest BCUT2D eigenvalue weighted by Crippen LogP contribution is -2.18. The second-order valence-electron chi connectivity index (χ2n) is 8.72. The highest BCUT2D eigenvalue weighted by atomic mass is 79.9. The SMILES string of the molecule is CC(C)OC(=O)c1c(NC(=O)c2nn3c(C(F)(F)F)cc(-c4cccs4)nc3c2Br)sc2c1CCCC2. The van der Waals surface area contributed by atoms with Gasteiger partial charge in [-0.15, -0.1) is 22.7 Å². The second kappa shape index (κ2) is 9.84. The predicted octanol–water partition coefficient (Wildman–Crippen LogP) is 7.00. The summed E-state index contributed by atoms with van der Waals surface area (Å²) >= 11 is 5.78. The number of amides is 1. The molecule has 4 heterocycles. The van der Waals surface area contributed by atoms with Gasteiger partial charge in [-0.2, -0.15) is 18.3 Å². The van der Waals surface area contributed by atoms with Crippen molar-refractivity contribution in [2.45, 2.75) is 51.8 Å². The predicted molar refractivity (Wildman–Crippen MR) is 138 cm³/mol. The van der Waals surface area contributed by atoms with E-state index >= 15 is 0 Å². The van der Waals surface area contributed by atoms with Gasteiger partial charge in [-0.05, 0) is 78.5 Å². The first-order chi connectivity index (χ1) is 17.5. The van der Waals surface area contributed by atoms with Gasteiger partial charge in [0.25, 0.3) is 5.91 Å². The molecule has 0 aromatic carbocycles. The van der Waals surface area contributed by atoms with Gasteiger partial charge >= 0.3 is 12.1 Å². The minimum absolute atomic E-state index is 0.0153. The van der Waals surface area contributed by atoms with Crippen molar-refractivity contribution in [3.63, 3.8) is 0 Å². The molecule has 0 unspecified atom stereocenters. The number of thiophene rings is 2. The third-order valence-corrected chi connectivity index (χ3v) is 8.59. The number of alkyl halides is 3. The van der Waals surface area contributed by atoms with Crippen LogP contribution in [0.2, 0.25) is 0 Å². The Kier molecular flexibility index (Phi) is 6.88. The monoisotopic (exact) mass is 612 g/mol. The maximum absolute atomic E-state index is 14.0. The topological polar surface area (TPSA) is 85.6 Å². The van der Waals surface area contributed by atoms with Crippen molar-refractivity contribution >= 4 is 61.1 Å². The van der Waals surface area contributed by atoms with Crippen molar-refractivity contribution in [1.29, 1.82) is 0 Å². The van der Waals surface area contributed by atoms with E-state index in [0.29, 0.717) is 26.4 Å². The molecule has 1 aliphatic carbocycles. The Labute approximate surface area is 225 Å². The Bertz CT molecular complexity index is 1510. The Balaban J connectivity index is 1.58. The summed E-state index contributed by atoms with van der Waals surface area (Å²) in [6, 6.07) is 4.29. The summed E-state index contributed by atoms with van der Waals surface area (Å²) in [6.07, 6.45) is -1.75. The number of aromatic nitrogens is 3. The molecule has 4 aromatic heterocycles. The summed E-state index contributed by atoms with van der Waals surface area (Å²) in [7, 11) is 0. The van der Waals surface area contributed by atoms with Crippen LogP contribution in [-0.4, -0.2) is 32.6 Å². The fraction of sp³-hybridized carbons (Fsp3) is 0.333. The Morgan fingerprint density at radius 3 is 2.68 bits per heavy atom. The smallest absolute Gasteiger partial charge is 0.433 e. The van der Waals surface area contributed by atoms with Crippen LogP contribution in [0.25, 0.3) is 16.2 Å². The van der Waals surface area contributed by atoms with Crippen LogP contribution in [0.5, 0.6) is 0 Å². The summed E-state index contributed by atoms with van der Waals surface area (Å²) in [6.45, 7) is 3.47. The van der Waals surface area contributed by atoms with E-state index in [0.717, 1.165) is 35.8 Å². The molecule has 0 radical (unpaired) electrons. The third-order valence-electron chi connectivity index (χ3n) is 5.76. The van der Waals surface area contributed by atoms with E-state index in [1.807, 2.05) is 0 Å². The minimum atomic E-state index is -4.74. The molecule has 0 fully saturated rings. The first kappa shape index (κ1) is 25.9. The zero-order valence-electron chi connectivity index (χ0n) is 19.6. The molecule has 0 saturated carbocycles. The number of nitrogens with zero attached hydrogens (tertiary/aromatic N) is 3. The number of hydrogen-bond donors (Lipinski definition) is 1. The van der Waals surface area contributed by atoms with E-state index in [1.54, 1.807) is 31.4 Å². The summed E-state index contributed by atoms with van der Waals surface area (Å²) in [5.41, 5.74) is -0.215. The van der Waals surface area contributed by atoms with Gasteiger partial charge in [0.1, 0.15) is 5.00 Å². The summed E-state index contributed by atoms with van der Waals surface area (Å²) in [5.74, 6) is -1.30. The van der Waals surface area contributed by atoms with E-state index in [2.05, 4.69) is 31.3 Å². The normalized spacial score (nSPS) is 13.7. The highest BCUT2D eigenvalue weighted by molar-refractivity contribution is 9.10. The highest BCUT2D eigenvalue weighted by Gasteiger charge is 2.37. The quantitative estimate of drug-likeness (QED) is 0.245. The number of halogens is 4. The maximum atomic E-state index is 14.0. The third kappa shape index (κ3) is 4.91. The molecule has 5 rings (SSSR count). The van der Waals surface area contributed by atoms with Crippen molar-refractivity contribution in [3.05, 3.63) is 55.4 Å². The van der Waals surface area contributed by atoms with E-state index in [4.69, 9.17) is 4.74 Å². The van der Waals surface area contributed by atoms with Crippen molar-refractivity contribution in [1.82, 2.24) is 14.6 Å².